The average molecular weight is 332 g/mol. The predicted octanol–water partition coefficient (Wildman–Crippen LogP) is 1.52. The van der Waals surface area contributed by atoms with Crippen molar-refractivity contribution in [1.82, 2.24) is 10.1 Å². The molecule has 0 fully saturated rings. The van der Waals surface area contributed by atoms with Crippen LogP contribution in [0.25, 0.3) is 0 Å². The van der Waals surface area contributed by atoms with Crippen LogP contribution >= 0.6 is 12.4 Å². The summed E-state index contributed by atoms with van der Waals surface area (Å²) in [7, 11) is -3.04. The molecule has 2 aromatic rings. The topological polar surface area (TPSA) is 99.1 Å². The summed E-state index contributed by atoms with van der Waals surface area (Å²) in [5, 5.41) is 3.86. The number of rotatable bonds is 6. The summed E-state index contributed by atoms with van der Waals surface area (Å²) >= 11 is 0. The van der Waals surface area contributed by atoms with E-state index in [0.29, 0.717) is 12.2 Å². The fraction of sp³-hybridized carbons (Fsp3) is 0.385. The van der Waals surface area contributed by atoms with Crippen LogP contribution in [0, 0.1) is 0 Å². The predicted molar refractivity (Wildman–Crippen MR) is 82.1 cm³/mol. The summed E-state index contributed by atoms with van der Waals surface area (Å²) in [6.07, 6.45) is 2.00. The summed E-state index contributed by atoms with van der Waals surface area (Å²) in [6.45, 7) is 0. The molecule has 1 aromatic carbocycles. The van der Waals surface area contributed by atoms with E-state index in [1.807, 2.05) is 30.3 Å². The molecule has 6 nitrogen and oxygen atoms in total. The Morgan fingerprint density at radius 1 is 1.29 bits per heavy atom. The Hall–Kier alpha value is -1.44. The van der Waals surface area contributed by atoms with Crippen LogP contribution < -0.4 is 5.73 Å². The highest BCUT2D eigenvalue weighted by Crippen LogP contribution is 2.14. The fourth-order valence-corrected chi connectivity index (χ4v) is 2.41. The molecular weight excluding hydrogens is 314 g/mol. The fourth-order valence-electron chi connectivity index (χ4n) is 1.73. The maximum Gasteiger partial charge on any atom is 0.243 e. The minimum absolute atomic E-state index is 0. The van der Waals surface area contributed by atoms with Gasteiger partial charge in [0.25, 0.3) is 0 Å². The van der Waals surface area contributed by atoms with Crippen LogP contribution in [0.2, 0.25) is 0 Å². The van der Waals surface area contributed by atoms with Gasteiger partial charge in [-0.25, -0.2) is 8.42 Å². The first kappa shape index (κ1) is 17.6. The number of sulfone groups is 1. The normalized spacial score (nSPS) is 12.7. The Kier molecular flexibility index (Phi) is 6.32. The van der Waals surface area contributed by atoms with Crippen LogP contribution in [0.3, 0.4) is 0 Å². The smallest absolute Gasteiger partial charge is 0.243 e. The third-order valence-electron chi connectivity index (χ3n) is 2.81. The van der Waals surface area contributed by atoms with Crippen LogP contribution in [0.15, 0.2) is 34.9 Å². The molecule has 116 valence electrons. The second-order valence-corrected chi connectivity index (χ2v) is 7.00. The standard InChI is InChI=1S/C13H17N3O3S.ClH/c1-20(17,18)8-7-11(14)13-15-12(16-19-13)9-10-5-3-2-4-6-10;/h2-6,11H,7-9,14H2,1H3;1H. The van der Waals surface area contributed by atoms with Crippen LogP contribution in [0.4, 0.5) is 0 Å². The highest BCUT2D eigenvalue weighted by atomic mass is 35.5. The van der Waals surface area contributed by atoms with Crippen LogP contribution in [-0.2, 0) is 16.3 Å². The summed E-state index contributed by atoms with van der Waals surface area (Å²) in [4.78, 5) is 4.21. The summed E-state index contributed by atoms with van der Waals surface area (Å²) in [5.41, 5.74) is 6.92. The molecule has 0 aliphatic rings. The molecule has 1 heterocycles. The van der Waals surface area contributed by atoms with E-state index in [2.05, 4.69) is 10.1 Å². The molecule has 0 amide bonds. The van der Waals surface area contributed by atoms with Gasteiger partial charge in [-0.1, -0.05) is 35.5 Å². The SMILES string of the molecule is CS(=O)(=O)CCC(N)c1nc(Cc2ccccc2)no1.Cl. The molecule has 1 atom stereocenters. The van der Waals surface area contributed by atoms with Crippen molar-refractivity contribution in [2.75, 3.05) is 12.0 Å². The maximum atomic E-state index is 11.1. The Balaban J connectivity index is 0.00000220. The van der Waals surface area contributed by atoms with E-state index < -0.39 is 15.9 Å². The van der Waals surface area contributed by atoms with E-state index in [1.165, 1.54) is 6.26 Å². The minimum atomic E-state index is -3.04. The zero-order valence-corrected chi connectivity index (χ0v) is 13.2. The molecule has 0 bridgehead atoms. The van der Waals surface area contributed by atoms with E-state index >= 15 is 0 Å². The zero-order chi connectivity index (χ0) is 14.6. The van der Waals surface area contributed by atoms with Gasteiger partial charge in [0.1, 0.15) is 9.84 Å². The van der Waals surface area contributed by atoms with Gasteiger partial charge in [0.15, 0.2) is 5.82 Å². The van der Waals surface area contributed by atoms with Crippen molar-refractivity contribution >= 4 is 22.2 Å². The summed E-state index contributed by atoms with van der Waals surface area (Å²) < 4.78 is 27.3. The average Bonchev–Trinajstić information content (AvgIpc) is 2.85. The molecule has 8 heteroatoms. The first-order valence-electron chi connectivity index (χ1n) is 6.24. The number of hydrogen-bond donors (Lipinski definition) is 1. The van der Waals surface area contributed by atoms with Gasteiger partial charge in [0.2, 0.25) is 5.89 Å². The van der Waals surface area contributed by atoms with Gasteiger partial charge < -0.3 is 10.3 Å². The first-order valence-corrected chi connectivity index (χ1v) is 8.30. The molecular formula is C13H18ClN3O3S. The molecule has 0 saturated heterocycles. The van der Waals surface area contributed by atoms with E-state index in [0.717, 1.165) is 5.56 Å². The van der Waals surface area contributed by atoms with Gasteiger partial charge in [-0.05, 0) is 12.0 Å². The second-order valence-electron chi connectivity index (χ2n) is 4.74. The van der Waals surface area contributed by atoms with E-state index in [-0.39, 0.29) is 30.5 Å². The van der Waals surface area contributed by atoms with Crippen molar-refractivity contribution in [1.29, 1.82) is 0 Å². The third kappa shape index (κ3) is 5.82. The Morgan fingerprint density at radius 2 is 1.95 bits per heavy atom. The molecule has 21 heavy (non-hydrogen) atoms. The number of hydrogen-bond acceptors (Lipinski definition) is 6. The van der Waals surface area contributed by atoms with Crippen molar-refractivity contribution in [2.45, 2.75) is 18.9 Å². The van der Waals surface area contributed by atoms with Gasteiger partial charge in [0, 0.05) is 12.7 Å². The monoisotopic (exact) mass is 331 g/mol. The number of nitrogens with two attached hydrogens (primary N) is 1. The summed E-state index contributed by atoms with van der Waals surface area (Å²) in [6, 6.07) is 9.20. The lowest BCUT2D eigenvalue weighted by Crippen LogP contribution is -2.16. The number of benzene rings is 1. The van der Waals surface area contributed by atoms with Gasteiger partial charge in [-0.2, -0.15) is 4.98 Å². The van der Waals surface area contributed by atoms with E-state index in [1.54, 1.807) is 0 Å². The Morgan fingerprint density at radius 3 is 2.57 bits per heavy atom. The molecule has 2 N–H and O–H groups in total. The van der Waals surface area contributed by atoms with Crippen LogP contribution in [0.5, 0.6) is 0 Å². The second kappa shape index (κ2) is 7.53. The lowest BCUT2D eigenvalue weighted by Gasteiger charge is -2.04. The van der Waals surface area contributed by atoms with Crippen molar-refractivity contribution in [3.8, 4) is 0 Å². The summed E-state index contributed by atoms with van der Waals surface area (Å²) in [5.74, 6) is 0.825. The highest BCUT2D eigenvalue weighted by molar-refractivity contribution is 7.90. The third-order valence-corrected chi connectivity index (χ3v) is 3.78. The first-order chi connectivity index (χ1) is 9.44. The molecule has 1 unspecified atom stereocenters. The minimum Gasteiger partial charge on any atom is -0.338 e. The number of nitrogens with zero attached hydrogens (tertiary/aromatic N) is 2. The lowest BCUT2D eigenvalue weighted by atomic mass is 10.1. The van der Waals surface area contributed by atoms with E-state index in [4.69, 9.17) is 10.3 Å². The number of aromatic nitrogens is 2. The van der Waals surface area contributed by atoms with Gasteiger partial charge in [-0.15, -0.1) is 12.4 Å². The largest absolute Gasteiger partial charge is 0.338 e. The van der Waals surface area contributed by atoms with Crippen LogP contribution in [0.1, 0.15) is 29.7 Å². The van der Waals surface area contributed by atoms with E-state index in [9.17, 15) is 8.42 Å². The number of halogens is 1. The van der Waals surface area contributed by atoms with Crippen molar-refractivity contribution in [3.05, 3.63) is 47.6 Å². The van der Waals surface area contributed by atoms with Crippen molar-refractivity contribution in [3.63, 3.8) is 0 Å². The Labute approximate surface area is 130 Å². The Bertz CT molecular complexity index is 658. The van der Waals surface area contributed by atoms with Crippen LogP contribution in [-0.4, -0.2) is 30.6 Å². The lowest BCUT2D eigenvalue weighted by molar-refractivity contribution is 0.349. The molecule has 0 aliphatic carbocycles. The van der Waals surface area contributed by atoms with Gasteiger partial charge >= 0.3 is 0 Å². The maximum absolute atomic E-state index is 11.1. The quantitative estimate of drug-likeness (QED) is 0.861. The van der Waals surface area contributed by atoms with Gasteiger partial charge in [-0.3, -0.25) is 0 Å². The molecule has 0 aliphatic heterocycles. The zero-order valence-electron chi connectivity index (χ0n) is 11.6. The van der Waals surface area contributed by atoms with Gasteiger partial charge in [0.05, 0.1) is 11.8 Å². The molecule has 1 aromatic heterocycles. The molecule has 2 rings (SSSR count). The van der Waals surface area contributed by atoms with Crippen molar-refractivity contribution < 1.29 is 12.9 Å². The molecule has 0 saturated carbocycles. The van der Waals surface area contributed by atoms with Crippen molar-refractivity contribution in [2.24, 2.45) is 5.73 Å². The molecule has 0 spiro atoms. The molecule has 0 radical (unpaired) electrons. The highest BCUT2D eigenvalue weighted by Gasteiger charge is 2.17.